The maximum atomic E-state index is 14.1. The predicted molar refractivity (Wildman–Crippen MR) is 72.0 cm³/mol. The van der Waals surface area contributed by atoms with Crippen LogP contribution in [0.2, 0.25) is 5.02 Å². The summed E-state index contributed by atoms with van der Waals surface area (Å²) in [5.74, 6) is -1.62. The molecular weight excluding hydrogens is 337 g/mol. The lowest BCUT2D eigenvalue weighted by atomic mass is 10.2. The first-order chi connectivity index (χ1) is 10.8. The van der Waals surface area contributed by atoms with Gasteiger partial charge in [-0.2, -0.15) is 19.3 Å². The summed E-state index contributed by atoms with van der Waals surface area (Å²) in [5, 5.41) is 17.7. The predicted octanol–water partition coefficient (Wildman–Crippen LogP) is 2.31. The zero-order chi connectivity index (χ0) is 17.3. The van der Waals surface area contributed by atoms with E-state index in [4.69, 9.17) is 22.1 Å². The number of benzene rings is 1. The van der Waals surface area contributed by atoms with E-state index in [2.05, 4.69) is 4.74 Å². The summed E-state index contributed by atoms with van der Waals surface area (Å²) in [4.78, 5) is 12.1. The van der Waals surface area contributed by atoms with Crippen molar-refractivity contribution in [3.05, 3.63) is 44.8 Å². The molecule has 23 heavy (non-hydrogen) atoms. The molecule has 1 aromatic heterocycles. The fourth-order valence-corrected chi connectivity index (χ4v) is 2.13. The van der Waals surface area contributed by atoms with Gasteiger partial charge >= 0.3 is 12.3 Å². The summed E-state index contributed by atoms with van der Waals surface area (Å²) in [5.41, 5.74) is -2.18. The Kier molecular flexibility index (Phi) is 4.34. The summed E-state index contributed by atoms with van der Waals surface area (Å²) in [6, 6.07) is 4.68. The number of hydrogen-bond donors (Lipinski definition) is 0. The van der Waals surface area contributed by atoms with Crippen LogP contribution in [-0.4, -0.2) is 15.7 Å². The van der Waals surface area contributed by atoms with Crippen LogP contribution >= 0.6 is 11.6 Å². The minimum Gasteiger partial charge on any atom is -0.433 e. The van der Waals surface area contributed by atoms with Crippen LogP contribution in [0, 0.1) is 28.5 Å². The van der Waals surface area contributed by atoms with Crippen LogP contribution in [0.5, 0.6) is 5.75 Å². The van der Waals surface area contributed by atoms with Crippen molar-refractivity contribution in [3.63, 3.8) is 0 Å². The molecule has 0 aliphatic heterocycles. The summed E-state index contributed by atoms with van der Waals surface area (Å²) >= 11 is 5.60. The van der Waals surface area contributed by atoms with Crippen molar-refractivity contribution in [2.45, 2.75) is 6.61 Å². The molecule has 2 rings (SSSR count). The highest BCUT2D eigenvalue weighted by molar-refractivity contribution is 6.32. The van der Waals surface area contributed by atoms with Gasteiger partial charge in [0.15, 0.2) is 11.4 Å². The summed E-state index contributed by atoms with van der Waals surface area (Å²) < 4.78 is 44.3. The summed E-state index contributed by atoms with van der Waals surface area (Å²) in [7, 11) is 1.21. The average Bonchev–Trinajstić information content (AvgIpc) is 2.73. The molecule has 0 saturated carbocycles. The molecule has 0 N–H and O–H groups in total. The molecule has 0 bridgehead atoms. The van der Waals surface area contributed by atoms with E-state index in [9.17, 15) is 18.0 Å². The fourth-order valence-electron chi connectivity index (χ4n) is 1.94. The molecule has 0 unspecified atom stereocenters. The number of nitriles is 2. The Labute approximate surface area is 132 Å². The Morgan fingerprint density at radius 3 is 2.39 bits per heavy atom. The molecule has 1 heterocycles. The average molecular weight is 343 g/mol. The van der Waals surface area contributed by atoms with Gasteiger partial charge in [0, 0.05) is 13.1 Å². The molecule has 0 saturated heterocycles. The van der Waals surface area contributed by atoms with Crippen molar-refractivity contribution in [1.29, 1.82) is 10.5 Å². The van der Waals surface area contributed by atoms with Gasteiger partial charge in [-0.15, -0.1) is 0 Å². The smallest absolute Gasteiger partial charge is 0.387 e. The maximum Gasteiger partial charge on any atom is 0.387 e. The van der Waals surface area contributed by atoms with E-state index in [-0.39, 0.29) is 5.69 Å². The van der Waals surface area contributed by atoms with Gasteiger partial charge in [0.25, 0.3) is 0 Å². The van der Waals surface area contributed by atoms with E-state index in [1.165, 1.54) is 7.05 Å². The Bertz CT molecular complexity index is 921. The number of alkyl halides is 2. The molecule has 2 aromatic rings. The van der Waals surface area contributed by atoms with Crippen LogP contribution < -0.4 is 10.4 Å². The molecule has 0 amide bonds. The summed E-state index contributed by atoms with van der Waals surface area (Å²) in [6.45, 7) is -3.22. The zero-order valence-electron chi connectivity index (χ0n) is 11.3. The normalized spacial score (nSPS) is 10.4. The topological polar surface area (TPSA) is 83.7 Å². The SMILES string of the molecule is Cn1c(C#N)c(C#N)n(-c2cc(OC(F)F)c(Cl)cc2F)c1=O. The lowest BCUT2D eigenvalue weighted by molar-refractivity contribution is -0.0498. The van der Waals surface area contributed by atoms with Gasteiger partial charge in [-0.25, -0.2) is 13.8 Å². The first-order valence-corrected chi connectivity index (χ1v) is 6.25. The number of nitrogens with zero attached hydrogens (tertiary/aromatic N) is 4. The molecule has 0 aliphatic carbocycles. The van der Waals surface area contributed by atoms with E-state index in [0.29, 0.717) is 10.6 Å². The number of halogens is 4. The standard InChI is InChI=1S/C13H6ClF3N4O2/c1-20-9(4-18)10(5-19)21(13(20)22)8-3-11(23-12(16)17)6(14)2-7(8)15/h2-3,12H,1H3. The highest BCUT2D eigenvalue weighted by Crippen LogP contribution is 2.31. The van der Waals surface area contributed by atoms with E-state index < -0.39 is 40.3 Å². The van der Waals surface area contributed by atoms with Gasteiger partial charge in [-0.05, 0) is 6.07 Å². The Hall–Kier alpha value is -2.91. The van der Waals surface area contributed by atoms with Crippen LogP contribution in [0.3, 0.4) is 0 Å². The summed E-state index contributed by atoms with van der Waals surface area (Å²) in [6.07, 6.45) is 0. The Balaban J connectivity index is 2.81. The van der Waals surface area contributed by atoms with Gasteiger partial charge < -0.3 is 4.74 Å². The van der Waals surface area contributed by atoms with E-state index in [0.717, 1.165) is 10.6 Å². The molecule has 6 nitrogen and oxygen atoms in total. The highest BCUT2D eigenvalue weighted by Gasteiger charge is 2.23. The van der Waals surface area contributed by atoms with Crippen molar-refractivity contribution in [2.24, 2.45) is 7.05 Å². The third-order valence-corrected chi connectivity index (χ3v) is 3.23. The lowest BCUT2D eigenvalue weighted by Gasteiger charge is -2.10. The van der Waals surface area contributed by atoms with Crippen molar-refractivity contribution in [2.75, 3.05) is 0 Å². The van der Waals surface area contributed by atoms with Crippen LogP contribution in [0.15, 0.2) is 16.9 Å². The number of rotatable bonds is 3. The van der Waals surface area contributed by atoms with Gasteiger partial charge in [-0.3, -0.25) is 4.57 Å². The Morgan fingerprint density at radius 2 is 1.87 bits per heavy atom. The van der Waals surface area contributed by atoms with Crippen LogP contribution in [-0.2, 0) is 7.05 Å². The first-order valence-electron chi connectivity index (χ1n) is 5.88. The molecule has 1 aromatic carbocycles. The largest absolute Gasteiger partial charge is 0.433 e. The van der Waals surface area contributed by atoms with Crippen LogP contribution in [0.4, 0.5) is 13.2 Å². The minimum absolute atomic E-state index is 0.303. The first kappa shape index (κ1) is 16.5. The van der Waals surface area contributed by atoms with Crippen molar-refractivity contribution < 1.29 is 17.9 Å². The van der Waals surface area contributed by atoms with E-state index >= 15 is 0 Å². The third kappa shape index (κ3) is 2.74. The molecular formula is C13H6ClF3N4O2. The van der Waals surface area contributed by atoms with E-state index in [1.54, 1.807) is 12.1 Å². The highest BCUT2D eigenvalue weighted by atomic mass is 35.5. The van der Waals surface area contributed by atoms with E-state index in [1.807, 2.05) is 0 Å². The second-order valence-corrected chi connectivity index (χ2v) is 4.62. The van der Waals surface area contributed by atoms with Crippen molar-refractivity contribution in [1.82, 2.24) is 9.13 Å². The molecule has 118 valence electrons. The van der Waals surface area contributed by atoms with Gasteiger partial charge in [0.05, 0.1) is 10.7 Å². The molecule has 10 heteroatoms. The second-order valence-electron chi connectivity index (χ2n) is 4.21. The number of ether oxygens (including phenoxy) is 1. The Morgan fingerprint density at radius 1 is 1.26 bits per heavy atom. The number of imidazole rings is 1. The monoisotopic (exact) mass is 342 g/mol. The molecule has 0 radical (unpaired) electrons. The molecule has 0 fully saturated rings. The molecule has 0 atom stereocenters. The van der Waals surface area contributed by atoms with Gasteiger partial charge in [0.1, 0.15) is 23.7 Å². The van der Waals surface area contributed by atoms with Gasteiger partial charge in [0.2, 0.25) is 0 Å². The van der Waals surface area contributed by atoms with Crippen LogP contribution in [0.25, 0.3) is 5.69 Å². The second kappa shape index (κ2) is 6.07. The van der Waals surface area contributed by atoms with Gasteiger partial charge in [-0.1, -0.05) is 11.6 Å². The number of aromatic nitrogens is 2. The van der Waals surface area contributed by atoms with Crippen molar-refractivity contribution >= 4 is 11.6 Å². The lowest BCUT2D eigenvalue weighted by Crippen LogP contribution is -2.22. The fraction of sp³-hybridized carbons (Fsp3) is 0.154. The number of hydrogen-bond acceptors (Lipinski definition) is 4. The molecule has 0 aliphatic rings. The quantitative estimate of drug-likeness (QED) is 0.857. The molecule has 0 spiro atoms. The zero-order valence-corrected chi connectivity index (χ0v) is 12.1. The van der Waals surface area contributed by atoms with Crippen LogP contribution in [0.1, 0.15) is 11.4 Å². The maximum absolute atomic E-state index is 14.1. The van der Waals surface area contributed by atoms with Crippen molar-refractivity contribution in [3.8, 4) is 23.6 Å². The third-order valence-electron chi connectivity index (χ3n) is 2.93. The minimum atomic E-state index is -3.22.